The molecule has 1 saturated heterocycles. The fourth-order valence-corrected chi connectivity index (χ4v) is 2.91. The SMILES string of the molecule is CCCCC(CC)CC1(C(=O)O)CCCNC1. The summed E-state index contributed by atoms with van der Waals surface area (Å²) in [5.74, 6) is -0.0226. The van der Waals surface area contributed by atoms with Gasteiger partial charge >= 0.3 is 5.97 Å². The van der Waals surface area contributed by atoms with E-state index in [-0.39, 0.29) is 0 Å². The van der Waals surface area contributed by atoms with Crippen LogP contribution in [0.4, 0.5) is 0 Å². The summed E-state index contributed by atoms with van der Waals surface area (Å²) in [6, 6.07) is 0. The quantitative estimate of drug-likeness (QED) is 0.720. The van der Waals surface area contributed by atoms with Gasteiger partial charge in [-0.3, -0.25) is 4.79 Å². The van der Waals surface area contributed by atoms with Crippen LogP contribution in [0.5, 0.6) is 0 Å². The van der Waals surface area contributed by atoms with E-state index in [9.17, 15) is 9.90 Å². The molecule has 17 heavy (non-hydrogen) atoms. The summed E-state index contributed by atoms with van der Waals surface area (Å²) in [6.07, 6.45) is 7.41. The molecular weight excluding hydrogens is 214 g/mol. The predicted octanol–water partition coefficient (Wildman–Crippen LogP) is 3.05. The van der Waals surface area contributed by atoms with Gasteiger partial charge in [0, 0.05) is 6.54 Å². The third kappa shape index (κ3) is 3.98. The van der Waals surface area contributed by atoms with Gasteiger partial charge in [-0.05, 0) is 31.7 Å². The van der Waals surface area contributed by atoms with Crippen LogP contribution >= 0.6 is 0 Å². The van der Waals surface area contributed by atoms with Gasteiger partial charge in [-0.2, -0.15) is 0 Å². The van der Waals surface area contributed by atoms with E-state index in [1.807, 2.05) is 0 Å². The zero-order valence-corrected chi connectivity index (χ0v) is 11.3. The number of carboxylic acid groups (broad SMARTS) is 1. The average Bonchev–Trinajstić information content (AvgIpc) is 2.35. The Morgan fingerprint density at radius 1 is 1.47 bits per heavy atom. The minimum Gasteiger partial charge on any atom is -0.481 e. The molecule has 0 spiro atoms. The summed E-state index contributed by atoms with van der Waals surface area (Å²) >= 11 is 0. The zero-order valence-electron chi connectivity index (χ0n) is 11.3. The molecule has 2 N–H and O–H groups in total. The number of rotatable bonds is 7. The molecule has 0 aromatic carbocycles. The summed E-state index contributed by atoms with van der Waals surface area (Å²) in [6.45, 7) is 6.01. The van der Waals surface area contributed by atoms with Crippen molar-refractivity contribution in [3.8, 4) is 0 Å². The number of carbonyl (C=O) groups is 1. The summed E-state index contributed by atoms with van der Waals surface area (Å²) < 4.78 is 0. The molecule has 3 nitrogen and oxygen atoms in total. The molecule has 2 unspecified atom stereocenters. The monoisotopic (exact) mass is 241 g/mol. The Hall–Kier alpha value is -0.570. The molecule has 0 radical (unpaired) electrons. The molecule has 100 valence electrons. The second-order valence-electron chi connectivity index (χ2n) is 5.49. The maximum absolute atomic E-state index is 11.6. The first-order chi connectivity index (χ1) is 8.14. The molecule has 1 fully saturated rings. The molecule has 0 amide bonds. The van der Waals surface area contributed by atoms with E-state index in [2.05, 4.69) is 19.2 Å². The summed E-state index contributed by atoms with van der Waals surface area (Å²) in [7, 11) is 0. The predicted molar refractivity (Wildman–Crippen MR) is 70.1 cm³/mol. The largest absolute Gasteiger partial charge is 0.481 e. The van der Waals surface area contributed by atoms with Gasteiger partial charge in [0.1, 0.15) is 0 Å². The number of hydrogen-bond donors (Lipinski definition) is 2. The van der Waals surface area contributed by atoms with Crippen LogP contribution in [0.2, 0.25) is 0 Å². The molecule has 1 rings (SSSR count). The summed E-state index contributed by atoms with van der Waals surface area (Å²) in [5.41, 5.74) is -0.493. The van der Waals surface area contributed by atoms with Crippen LogP contribution in [0, 0.1) is 11.3 Å². The minimum atomic E-state index is -0.598. The van der Waals surface area contributed by atoms with Crippen LogP contribution in [0.3, 0.4) is 0 Å². The molecule has 0 aromatic heterocycles. The van der Waals surface area contributed by atoms with Gasteiger partial charge < -0.3 is 10.4 Å². The molecule has 1 aliphatic rings. The Labute approximate surface area is 105 Å². The number of aliphatic carboxylic acids is 1. The maximum Gasteiger partial charge on any atom is 0.310 e. The Morgan fingerprint density at radius 3 is 2.71 bits per heavy atom. The standard InChI is InChI=1S/C14H27NO2/c1-3-5-7-12(4-2)10-14(13(16)17)8-6-9-15-11-14/h12,15H,3-11H2,1-2H3,(H,16,17). The topological polar surface area (TPSA) is 49.3 Å². The fraction of sp³-hybridized carbons (Fsp3) is 0.929. The number of nitrogens with one attached hydrogen (secondary N) is 1. The molecule has 0 saturated carbocycles. The maximum atomic E-state index is 11.6. The highest BCUT2D eigenvalue weighted by atomic mass is 16.4. The van der Waals surface area contributed by atoms with Crippen molar-refractivity contribution in [1.82, 2.24) is 5.32 Å². The van der Waals surface area contributed by atoms with Crippen molar-refractivity contribution >= 4 is 5.97 Å². The van der Waals surface area contributed by atoms with Crippen LogP contribution in [0.1, 0.15) is 58.8 Å². The first kappa shape index (κ1) is 14.5. The van der Waals surface area contributed by atoms with Gasteiger partial charge in [0.15, 0.2) is 0 Å². The third-order valence-electron chi connectivity index (χ3n) is 4.15. The lowest BCUT2D eigenvalue weighted by atomic mass is 9.72. The lowest BCUT2D eigenvalue weighted by Gasteiger charge is -2.36. The Kier molecular flexibility index (Phi) is 5.96. The van der Waals surface area contributed by atoms with Gasteiger partial charge in [-0.15, -0.1) is 0 Å². The van der Waals surface area contributed by atoms with Crippen molar-refractivity contribution in [3.63, 3.8) is 0 Å². The van der Waals surface area contributed by atoms with Crippen molar-refractivity contribution < 1.29 is 9.90 Å². The average molecular weight is 241 g/mol. The van der Waals surface area contributed by atoms with E-state index in [1.54, 1.807) is 0 Å². The highest BCUT2D eigenvalue weighted by molar-refractivity contribution is 5.75. The second kappa shape index (κ2) is 7.00. The summed E-state index contributed by atoms with van der Waals surface area (Å²) in [5, 5.41) is 12.8. The minimum absolute atomic E-state index is 0.493. The fourth-order valence-electron chi connectivity index (χ4n) is 2.91. The smallest absolute Gasteiger partial charge is 0.310 e. The number of piperidine rings is 1. The normalized spacial score (nSPS) is 26.7. The van der Waals surface area contributed by atoms with E-state index < -0.39 is 11.4 Å². The van der Waals surface area contributed by atoms with Crippen molar-refractivity contribution in [2.75, 3.05) is 13.1 Å². The van der Waals surface area contributed by atoms with Gasteiger partial charge in [0.2, 0.25) is 0 Å². The Balaban J connectivity index is 2.60. The molecule has 0 bridgehead atoms. The second-order valence-corrected chi connectivity index (χ2v) is 5.49. The first-order valence-corrected chi connectivity index (χ1v) is 7.08. The number of carboxylic acids is 1. The zero-order chi connectivity index (χ0) is 12.7. The van der Waals surface area contributed by atoms with Crippen LogP contribution in [0.15, 0.2) is 0 Å². The van der Waals surface area contributed by atoms with Crippen molar-refractivity contribution in [1.29, 1.82) is 0 Å². The molecule has 0 aliphatic carbocycles. The lowest BCUT2D eigenvalue weighted by Crippen LogP contribution is -2.46. The van der Waals surface area contributed by atoms with E-state index in [0.717, 1.165) is 32.2 Å². The van der Waals surface area contributed by atoms with Crippen LogP contribution < -0.4 is 5.32 Å². The Bertz CT molecular complexity index is 234. The van der Waals surface area contributed by atoms with Gasteiger partial charge in [-0.25, -0.2) is 0 Å². The van der Waals surface area contributed by atoms with Crippen LogP contribution in [0.25, 0.3) is 0 Å². The third-order valence-corrected chi connectivity index (χ3v) is 4.15. The Morgan fingerprint density at radius 2 is 2.24 bits per heavy atom. The van der Waals surface area contributed by atoms with E-state index in [0.29, 0.717) is 12.5 Å². The van der Waals surface area contributed by atoms with Crippen LogP contribution in [-0.2, 0) is 4.79 Å². The molecule has 1 heterocycles. The lowest BCUT2D eigenvalue weighted by molar-refractivity contribution is -0.151. The number of hydrogen-bond acceptors (Lipinski definition) is 2. The highest BCUT2D eigenvalue weighted by Crippen LogP contribution is 2.36. The molecule has 1 aliphatic heterocycles. The summed E-state index contributed by atoms with van der Waals surface area (Å²) in [4.78, 5) is 11.6. The van der Waals surface area contributed by atoms with Crippen LogP contribution in [-0.4, -0.2) is 24.2 Å². The van der Waals surface area contributed by atoms with E-state index >= 15 is 0 Å². The van der Waals surface area contributed by atoms with Crippen molar-refractivity contribution in [2.24, 2.45) is 11.3 Å². The molecule has 0 aromatic rings. The van der Waals surface area contributed by atoms with Crippen molar-refractivity contribution in [2.45, 2.75) is 58.8 Å². The van der Waals surface area contributed by atoms with Crippen molar-refractivity contribution in [3.05, 3.63) is 0 Å². The number of unbranched alkanes of at least 4 members (excludes halogenated alkanes) is 1. The van der Waals surface area contributed by atoms with Gasteiger partial charge in [0.25, 0.3) is 0 Å². The first-order valence-electron chi connectivity index (χ1n) is 7.08. The molecule has 2 atom stereocenters. The highest BCUT2D eigenvalue weighted by Gasteiger charge is 2.40. The van der Waals surface area contributed by atoms with E-state index in [4.69, 9.17) is 0 Å². The van der Waals surface area contributed by atoms with Gasteiger partial charge in [-0.1, -0.05) is 39.5 Å². The molecular formula is C14H27NO2. The molecule has 3 heteroatoms. The van der Waals surface area contributed by atoms with E-state index in [1.165, 1.54) is 19.3 Å². The van der Waals surface area contributed by atoms with Gasteiger partial charge in [0.05, 0.1) is 5.41 Å².